The maximum atomic E-state index is 13.9. The molecule has 7 nitrogen and oxygen atoms in total. The standard InChI is InChI=1S/C24H20ClF3N4O3S/c25-16-3-1-14(19(9-16)24(26,27)28)8-18(13-2-4-20-15(7-13)10-30-31-20)21-22(33)32(23(34)36-21)11-17-12-35-6-5-29-17/h1-4,7,9-10,17,29,33H,5-6,8,11-12H2. The molecule has 0 saturated carbocycles. The predicted octanol–water partition coefficient (Wildman–Crippen LogP) is 2.68. The fraction of sp³-hybridized carbons (Fsp3) is 0.292. The average Bonchev–Trinajstić information content (AvgIpc) is 3.43. The zero-order valence-electron chi connectivity index (χ0n) is 18.7. The molecule has 0 spiro atoms. The number of alkyl halides is 3. The van der Waals surface area contributed by atoms with Crippen LogP contribution in [0.1, 0.15) is 21.6 Å². The molecule has 1 aromatic heterocycles. The van der Waals surface area contributed by atoms with Crippen LogP contribution in [0.4, 0.5) is 13.2 Å². The SMILES string of the molecule is O=c1sc(C(Cc2ccc(Cl)cc2C(F)(F)F)=c2ccc3c(c2)C=NN=3)c(O)n1CC1COCCN1. The molecule has 3 aromatic rings. The van der Waals surface area contributed by atoms with E-state index in [1.165, 1.54) is 16.7 Å². The molecule has 2 N–H and O–H groups in total. The number of halogens is 4. The van der Waals surface area contributed by atoms with Gasteiger partial charge in [-0.05, 0) is 40.6 Å². The van der Waals surface area contributed by atoms with Gasteiger partial charge < -0.3 is 15.2 Å². The fourth-order valence-electron chi connectivity index (χ4n) is 4.27. The Balaban J connectivity index is 1.66. The smallest absolute Gasteiger partial charge is 0.416 e. The van der Waals surface area contributed by atoms with Crippen LogP contribution in [-0.4, -0.2) is 41.7 Å². The lowest BCUT2D eigenvalue weighted by atomic mass is 9.96. The van der Waals surface area contributed by atoms with Crippen LogP contribution in [0.2, 0.25) is 5.02 Å². The van der Waals surface area contributed by atoms with Crippen molar-refractivity contribution in [2.45, 2.75) is 25.2 Å². The van der Waals surface area contributed by atoms with Crippen LogP contribution in [-0.2, 0) is 23.9 Å². The van der Waals surface area contributed by atoms with Crippen molar-refractivity contribution >= 4 is 34.7 Å². The highest BCUT2D eigenvalue weighted by molar-refractivity contribution is 7.10. The zero-order chi connectivity index (χ0) is 25.4. The number of hydrogen-bond acceptors (Lipinski definition) is 7. The number of thiazole rings is 1. The minimum atomic E-state index is -4.64. The van der Waals surface area contributed by atoms with Gasteiger partial charge in [0.25, 0.3) is 0 Å². The van der Waals surface area contributed by atoms with Gasteiger partial charge in [0.15, 0.2) is 0 Å². The summed E-state index contributed by atoms with van der Waals surface area (Å²) in [5.41, 5.74) is 0.152. The summed E-state index contributed by atoms with van der Waals surface area (Å²) in [5.74, 6) is -0.297. The molecule has 2 aliphatic rings. The van der Waals surface area contributed by atoms with E-state index < -0.39 is 16.6 Å². The Morgan fingerprint density at radius 3 is 2.86 bits per heavy atom. The number of benzene rings is 2. The van der Waals surface area contributed by atoms with Crippen molar-refractivity contribution in [1.82, 2.24) is 9.88 Å². The Hall–Kier alpha value is -2.99. The third-order valence-electron chi connectivity index (χ3n) is 6.03. The summed E-state index contributed by atoms with van der Waals surface area (Å²) < 4.78 is 48.2. The molecule has 1 saturated heterocycles. The van der Waals surface area contributed by atoms with Gasteiger partial charge in [0.2, 0.25) is 5.88 Å². The van der Waals surface area contributed by atoms with E-state index >= 15 is 0 Å². The van der Waals surface area contributed by atoms with Crippen molar-refractivity contribution < 1.29 is 23.0 Å². The summed E-state index contributed by atoms with van der Waals surface area (Å²) in [7, 11) is 0. The number of nitrogens with zero attached hydrogens (tertiary/aromatic N) is 3. The van der Waals surface area contributed by atoms with Crippen LogP contribution in [0.25, 0.3) is 5.57 Å². The van der Waals surface area contributed by atoms with Crippen molar-refractivity contribution in [3.63, 3.8) is 0 Å². The Bertz CT molecular complexity index is 1520. The van der Waals surface area contributed by atoms with E-state index in [1.807, 2.05) is 0 Å². The van der Waals surface area contributed by atoms with Crippen LogP contribution in [0.3, 0.4) is 0 Å². The second kappa shape index (κ2) is 9.81. The zero-order valence-corrected chi connectivity index (χ0v) is 20.3. The first-order valence-electron chi connectivity index (χ1n) is 11.0. The normalized spacial score (nSPS) is 18.2. The van der Waals surface area contributed by atoms with Crippen LogP contribution >= 0.6 is 22.9 Å². The van der Waals surface area contributed by atoms with Gasteiger partial charge in [-0.1, -0.05) is 35.1 Å². The highest BCUT2D eigenvalue weighted by atomic mass is 35.5. The fourth-order valence-corrected chi connectivity index (χ4v) is 5.41. The minimum absolute atomic E-state index is 0.0325. The van der Waals surface area contributed by atoms with Gasteiger partial charge in [0.1, 0.15) is 0 Å². The first kappa shape index (κ1) is 24.7. The monoisotopic (exact) mass is 536 g/mol. The number of fused-ring (bicyclic) bond motifs is 1. The summed E-state index contributed by atoms with van der Waals surface area (Å²) in [6.45, 7) is 1.72. The average molecular weight is 537 g/mol. The number of ether oxygens (including phenoxy) is 1. The van der Waals surface area contributed by atoms with Crippen molar-refractivity contribution in [2.24, 2.45) is 10.2 Å². The molecular weight excluding hydrogens is 517 g/mol. The van der Waals surface area contributed by atoms with Gasteiger partial charge in [-0.25, -0.2) is 0 Å². The number of aromatic nitrogens is 1. The third kappa shape index (κ3) is 4.96. The summed E-state index contributed by atoms with van der Waals surface area (Å²) in [5, 5.41) is 23.3. The van der Waals surface area contributed by atoms with E-state index in [0.29, 0.717) is 41.5 Å². The molecule has 1 fully saturated rings. The Morgan fingerprint density at radius 2 is 2.11 bits per heavy atom. The van der Waals surface area contributed by atoms with E-state index in [2.05, 4.69) is 15.5 Å². The van der Waals surface area contributed by atoms with Crippen molar-refractivity contribution in [3.8, 4) is 5.88 Å². The number of morpholine rings is 1. The van der Waals surface area contributed by atoms with Gasteiger partial charge in [-0.15, -0.1) is 0 Å². The Labute approximate surface area is 211 Å². The molecule has 12 heteroatoms. The molecule has 188 valence electrons. The van der Waals surface area contributed by atoms with Gasteiger partial charge in [-0.2, -0.15) is 23.4 Å². The van der Waals surface area contributed by atoms with Gasteiger partial charge in [0.05, 0.1) is 35.2 Å². The topological polar surface area (TPSA) is 88.2 Å². The molecule has 1 unspecified atom stereocenters. The van der Waals surface area contributed by atoms with E-state index in [-0.39, 0.29) is 40.4 Å². The summed E-state index contributed by atoms with van der Waals surface area (Å²) in [6, 6.07) is 8.53. The van der Waals surface area contributed by atoms with E-state index in [1.54, 1.807) is 24.4 Å². The predicted molar refractivity (Wildman–Crippen MR) is 130 cm³/mol. The third-order valence-corrected chi connectivity index (χ3v) is 7.29. The molecule has 0 radical (unpaired) electrons. The van der Waals surface area contributed by atoms with Crippen LogP contribution in [0.15, 0.2) is 51.4 Å². The highest BCUT2D eigenvalue weighted by Crippen LogP contribution is 2.37. The van der Waals surface area contributed by atoms with Crippen molar-refractivity contribution in [3.05, 3.63) is 83.2 Å². The van der Waals surface area contributed by atoms with Crippen LogP contribution in [0, 0.1) is 0 Å². The van der Waals surface area contributed by atoms with Gasteiger partial charge in [0, 0.05) is 36.1 Å². The second-order valence-corrected chi connectivity index (χ2v) is 9.83. The van der Waals surface area contributed by atoms with E-state index in [9.17, 15) is 23.1 Å². The Kier molecular flexibility index (Phi) is 6.73. The molecule has 2 aliphatic heterocycles. The quantitative estimate of drug-likeness (QED) is 0.525. The lowest BCUT2D eigenvalue weighted by molar-refractivity contribution is -0.138. The van der Waals surface area contributed by atoms with Crippen molar-refractivity contribution in [2.75, 3.05) is 19.8 Å². The summed E-state index contributed by atoms with van der Waals surface area (Å²) >= 11 is 6.66. The summed E-state index contributed by atoms with van der Waals surface area (Å²) in [4.78, 5) is 12.7. The number of rotatable bonds is 5. The maximum absolute atomic E-state index is 13.9. The number of aromatic hydroxyl groups is 1. The number of hydrogen-bond donors (Lipinski definition) is 2. The molecule has 1 atom stereocenters. The largest absolute Gasteiger partial charge is 0.493 e. The highest BCUT2D eigenvalue weighted by Gasteiger charge is 2.34. The van der Waals surface area contributed by atoms with Gasteiger partial charge >= 0.3 is 11.0 Å². The molecule has 36 heavy (non-hydrogen) atoms. The Morgan fingerprint density at radius 1 is 1.28 bits per heavy atom. The molecule has 0 aliphatic carbocycles. The molecular formula is C24H20ClF3N4O3S. The molecule has 0 bridgehead atoms. The van der Waals surface area contributed by atoms with E-state index in [0.717, 1.165) is 17.4 Å². The molecule has 0 amide bonds. The second-order valence-electron chi connectivity index (χ2n) is 8.43. The van der Waals surface area contributed by atoms with Crippen LogP contribution < -0.4 is 20.8 Å². The van der Waals surface area contributed by atoms with Crippen molar-refractivity contribution in [1.29, 1.82) is 0 Å². The number of nitrogens with one attached hydrogen (secondary N) is 1. The van der Waals surface area contributed by atoms with Gasteiger partial charge in [-0.3, -0.25) is 9.36 Å². The summed E-state index contributed by atoms with van der Waals surface area (Å²) in [6.07, 6.45) is -3.29. The lowest BCUT2D eigenvalue weighted by Gasteiger charge is -2.24. The van der Waals surface area contributed by atoms with E-state index in [4.69, 9.17) is 16.3 Å². The molecule has 5 rings (SSSR count). The maximum Gasteiger partial charge on any atom is 0.416 e. The molecule has 3 heterocycles. The molecule has 2 aromatic carbocycles. The minimum Gasteiger partial charge on any atom is -0.493 e. The van der Waals surface area contributed by atoms with Crippen LogP contribution in [0.5, 0.6) is 5.88 Å². The lowest BCUT2D eigenvalue weighted by Crippen LogP contribution is -2.44. The first-order chi connectivity index (χ1) is 17.2. The first-order valence-corrected chi connectivity index (χ1v) is 12.2.